The lowest BCUT2D eigenvalue weighted by atomic mass is 9.80. The predicted molar refractivity (Wildman–Crippen MR) is 50.1 cm³/mol. The molecule has 13 heavy (non-hydrogen) atoms. The smallest absolute Gasteiger partial charge is 0.309 e. The molecule has 2 fully saturated rings. The lowest BCUT2D eigenvalue weighted by Crippen LogP contribution is -2.29. The Morgan fingerprint density at radius 2 is 2.08 bits per heavy atom. The van der Waals surface area contributed by atoms with E-state index < -0.39 is 0 Å². The summed E-state index contributed by atoms with van der Waals surface area (Å²) in [6.07, 6.45) is 3.85. The predicted octanol–water partition coefficient (Wildman–Crippen LogP) is 2.23. The molecule has 0 saturated heterocycles. The van der Waals surface area contributed by atoms with Crippen LogP contribution in [0.5, 0.6) is 0 Å². The number of esters is 1. The number of carbonyl (C=O) groups excluding carboxylic acids is 1. The summed E-state index contributed by atoms with van der Waals surface area (Å²) in [6.45, 7) is 4.63. The summed E-state index contributed by atoms with van der Waals surface area (Å²) in [5.74, 6) is 2.29. The van der Waals surface area contributed by atoms with Crippen molar-refractivity contribution in [3.8, 4) is 0 Å². The monoisotopic (exact) mass is 182 g/mol. The Bertz CT molecular complexity index is 210. The Labute approximate surface area is 79.7 Å². The van der Waals surface area contributed by atoms with Gasteiger partial charge in [-0.3, -0.25) is 4.79 Å². The molecule has 0 aromatic rings. The van der Waals surface area contributed by atoms with Gasteiger partial charge in [-0.25, -0.2) is 0 Å². The van der Waals surface area contributed by atoms with E-state index in [-0.39, 0.29) is 11.9 Å². The van der Waals surface area contributed by atoms with Gasteiger partial charge in [0, 0.05) is 0 Å². The first-order valence-electron chi connectivity index (χ1n) is 5.40. The van der Waals surface area contributed by atoms with Crippen molar-refractivity contribution in [3.05, 3.63) is 0 Å². The summed E-state index contributed by atoms with van der Waals surface area (Å²) in [5, 5.41) is 0. The molecule has 0 radical (unpaired) electrons. The van der Waals surface area contributed by atoms with Gasteiger partial charge >= 0.3 is 5.97 Å². The van der Waals surface area contributed by atoms with Gasteiger partial charge in [0.15, 0.2) is 0 Å². The summed E-state index contributed by atoms with van der Waals surface area (Å²) < 4.78 is 5.11. The van der Waals surface area contributed by atoms with Crippen LogP contribution in [0, 0.1) is 23.7 Å². The molecule has 0 aromatic carbocycles. The van der Waals surface area contributed by atoms with E-state index in [0.29, 0.717) is 18.4 Å². The summed E-state index contributed by atoms with van der Waals surface area (Å²) in [6, 6.07) is 0. The standard InChI is InChI=1S/C11H18O2/c1-3-13-11(12)10-7(2)8-4-5-9(10)6-8/h7-10H,3-6H2,1-2H3/t7-,8+,9-,10-/m0/s1. The lowest BCUT2D eigenvalue weighted by molar-refractivity contribution is -0.151. The van der Waals surface area contributed by atoms with Crippen LogP contribution in [0.4, 0.5) is 0 Å². The molecule has 74 valence electrons. The molecular formula is C11H18O2. The van der Waals surface area contributed by atoms with Crippen molar-refractivity contribution in [1.82, 2.24) is 0 Å². The zero-order chi connectivity index (χ0) is 9.42. The minimum atomic E-state index is 0.0576. The molecule has 2 aliphatic rings. The number of hydrogen-bond acceptors (Lipinski definition) is 2. The molecule has 0 spiro atoms. The van der Waals surface area contributed by atoms with E-state index in [9.17, 15) is 4.79 Å². The minimum absolute atomic E-state index is 0.0576. The van der Waals surface area contributed by atoms with E-state index in [1.54, 1.807) is 0 Å². The largest absolute Gasteiger partial charge is 0.466 e. The molecular weight excluding hydrogens is 164 g/mol. The zero-order valence-corrected chi connectivity index (χ0v) is 8.45. The van der Waals surface area contributed by atoms with E-state index in [4.69, 9.17) is 4.74 Å². The molecule has 0 heterocycles. The average Bonchev–Trinajstić information content (AvgIpc) is 2.63. The minimum Gasteiger partial charge on any atom is -0.466 e. The number of fused-ring (bicyclic) bond motifs is 2. The fourth-order valence-electron chi connectivity index (χ4n) is 3.22. The van der Waals surface area contributed by atoms with Crippen LogP contribution in [0.1, 0.15) is 33.1 Å². The highest BCUT2D eigenvalue weighted by Gasteiger charge is 2.49. The number of rotatable bonds is 2. The maximum atomic E-state index is 11.6. The molecule has 2 saturated carbocycles. The molecule has 2 nitrogen and oxygen atoms in total. The fourth-order valence-corrected chi connectivity index (χ4v) is 3.22. The van der Waals surface area contributed by atoms with Crippen LogP contribution in [0.25, 0.3) is 0 Å². The van der Waals surface area contributed by atoms with Crippen molar-refractivity contribution in [2.45, 2.75) is 33.1 Å². The number of ether oxygens (including phenoxy) is 1. The maximum absolute atomic E-state index is 11.6. The van der Waals surface area contributed by atoms with Crippen LogP contribution >= 0.6 is 0 Å². The van der Waals surface area contributed by atoms with E-state index in [1.807, 2.05) is 6.92 Å². The Balaban J connectivity index is 2.03. The van der Waals surface area contributed by atoms with Crippen LogP contribution in [-0.4, -0.2) is 12.6 Å². The molecule has 2 rings (SSSR count). The van der Waals surface area contributed by atoms with Crippen LogP contribution in [0.2, 0.25) is 0 Å². The first kappa shape index (κ1) is 9.04. The summed E-state index contributed by atoms with van der Waals surface area (Å²) >= 11 is 0. The van der Waals surface area contributed by atoms with Crippen LogP contribution in [-0.2, 0) is 9.53 Å². The highest BCUT2D eigenvalue weighted by molar-refractivity contribution is 5.73. The van der Waals surface area contributed by atoms with Gasteiger partial charge in [0.25, 0.3) is 0 Å². The Morgan fingerprint density at radius 3 is 2.62 bits per heavy atom. The van der Waals surface area contributed by atoms with E-state index in [2.05, 4.69) is 6.92 Å². The molecule has 2 bridgehead atoms. The SMILES string of the molecule is CCOC(=O)[C@@H]1[C@H]2CC[C@H](C2)[C@@H]1C. The first-order valence-corrected chi connectivity index (χ1v) is 5.40. The third-order valence-electron chi connectivity index (χ3n) is 3.89. The highest BCUT2D eigenvalue weighted by Crippen LogP contribution is 2.52. The van der Waals surface area contributed by atoms with Gasteiger partial charge in [0.05, 0.1) is 12.5 Å². The number of hydrogen-bond donors (Lipinski definition) is 0. The van der Waals surface area contributed by atoms with Crippen LogP contribution in [0.15, 0.2) is 0 Å². The van der Waals surface area contributed by atoms with Crippen molar-refractivity contribution in [1.29, 1.82) is 0 Å². The third-order valence-corrected chi connectivity index (χ3v) is 3.89. The number of carbonyl (C=O) groups is 1. The van der Waals surface area contributed by atoms with Gasteiger partial charge in [-0.2, -0.15) is 0 Å². The van der Waals surface area contributed by atoms with Crippen LogP contribution in [0.3, 0.4) is 0 Å². The van der Waals surface area contributed by atoms with Crippen molar-refractivity contribution < 1.29 is 9.53 Å². The Kier molecular flexibility index (Phi) is 2.31. The quantitative estimate of drug-likeness (QED) is 0.612. The normalized spacial score (nSPS) is 42.3. The molecule has 0 aromatic heterocycles. The van der Waals surface area contributed by atoms with E-state index in [0.717, 1.165) is 5.92 Å². The molecule has 2 heteroatoms. The first-order chi connectivity index (χ1) is 6.24. The van der Waals surface area contributed by atoms with E-state index >= 15 is 0 Å². The highest BCUT2D eigenvalue weighted by atomic mass is 16.5. The van der Waals surface area contributed by atoms with Gasteiger partial charge in [-0.1, -0.05) is 6.92 Å². The molecule has 0 amide bonds. The summed E-state index contributed by atoms with van der Waals surface area (Å²) in [4.78, 5) is 11.6. The van der Waals surface area contributed by atoms with Crippen molar-refractivity contribution in [2.24, 2.45) is 23.7 Å². The molecule has 2 aliphatic carbocycles. The lowest BCUT2D eigenvalue weighted by Gasteiger charge is -2.26. The van der Waals surface area contributed by atoms with Gasteiger partial charge in [0.1, 0.15) is 0 Å². The maximum Gasteiger partial charge on any atom is 0.309 e. The van der Waals surface area contributed by atoms with Gasteiger partial charge in [-0.15, -0.1) is 0 Å². The summed E-state index contributed by atoms with van der Waals surface area (Å²) in [7, 11) is 0. The van der Waals surface area contributed by atoms with Crippen molar-refractivity contribution in [2.75, 3.05) is 6.61 Å². The van der Waals surface area contributed by atoms with Crippen molar-refractivity contribution >= 4 is 5.97 Å². The topological polar surface area (TPSA) is 26.3 Å². The Morgan fingerprint density at radius 1 is 1.38 bits per heavy atom. The fraction of sp³-hybridized carbons (Fsp3) is 0.909. The summed E-state index contributed by atoms with van der Waals surface area (Å²) in [5.41, 5.74) is 0. The Hall–Kier alpha value is -0.530. The molecule has 0 unspecified atom stereocenters. The second kappa shape index (κ2) is 3.32. The van der Waals surface area contributed by atoms with E-state index in [1.165, 1.54) is 19.3 Å². The van der Waals surface area contributed by atoms with Crippen molar-refractivity contribution in [3.63, 3.8) is 0 Å². The second-order valence-corrected chi connectivity index (χ2v) is 4.47. The molecule has 0 aliphatic heterocycles. The second-order valence-electron chi connectivity index (χ2n) is 4.47. The van der Waals surface area contributed by atoms with Crippen LogP contribution < -0.4 is 0 Å². The third kappa shape index (κ3) is 1.36. The van der Waals surface area contributed by atoms with Gasteiger partial charge in [0.2, 0.25) is 0 Å². The average molecular weight is 182 g/mol. The zero-order valence-electron chi connectivity index (χ0n) is 8.45. The molecule has 4 atom stereocenters. The van der Waals surface area contributed by atoms with Gasteiger partial charge < -0.3 is 4.74 Å². The molecule has 0 N–H and O–H groups in total. The van der Waals surface area contributed by atoms with Gasteiger partial charge in [-0.05, 0) is 43.9 Å².